The summed E-state index contributed by atoms with van der Waals surface area (Å²) in [4.78, 5) is 12.4. The molecule has 4 aromatic rings. The molecule has 0 spiro atoms. The molecule has 6 nitrogen and oxygen atoms in total. The minimum absolute atomic E-state index is 0.140. The van der Waals surface area contributed by atoms with Gasteiger partial charge in [-0.3, -0.25) is 4.79 Å². The van der Waals surface area contributed by atoms with Crippen molar-refractivity contribution >= 4 is 11.7 Å². The standard InChI is InChI=1S/C25H24N4O2/c1-17-3-2-4-20(15-17)23-16-24(26)29(28-23)21-9-7-19(8-10-21)25(31)27-14-13-18-5-11-22(30)12-6-18/h2-12,15-16,30H,13-14,26H2,1H3,(H,27,31). The Morgan fingerprint density at radius 2 is 1.77 bits per heavy atom. The monoisotopic (exact) mass is 412 g/mol. The molecular weight excluding hydrogens is 388 g/mol. The van der Waals surface area contributed by atoms with Crippen LogP contribution in [0.25, 0.3) is 16.9 Å². The fourth-order valence-electron chi connectivity index (χ4n) is 3.39. The molecular formula is C25H24N4O2. The van der Waals surface area contributed by atoms with Gasteiger partial charge in [-0.1, -0.05) is 35.9 Å². The molecule has 0 saturated carbocycles. The molecule has 1 heterocycles. The van der Waals surface area contributed by atoms with E-state index >= 15 is 0 Å². The molecule has 6 heteroatoms. The van der Waals surface area contributed by atoms with Crippen LogP contribution in [-0.2, 0) is 6.42 Å². The van der Waals surface area contributed by atoms with E-state index in [1.54, 1.807) is 28.9 Å². The molecule has 0 aliphatic heterocycles. The number of aryl methyl sites for hydroxylation is 1. The lowest BCUT2D eigenvalue weighted by Gasteiger charge is -2.08. The zero-order valence-corrected chi connectivity index (χ0v) is 17.2. The average Bonchev–Trinajstić information content (AvgIpc) is 3.17. The van der Waals surface area contributed by atoms with E-state index in [1.165, 1.54) is 0 Å². The number of benzene rings is 3. The lowest BCUT2D eigenvalue weighted by atomic mass is 10.1. The summed E-state index contributed by atoms with van der Waals surface area (Å²) in [6.45, 7) is 2.55. The SMILES string of the molecule is Cc1cccc(-c2cc(N)n(-c3ccc(C(=O)NCCc4ccc(O)cc4)cc3)n2)c1. The number of nitrogens with one attached hydrogen (secondary N) is 1. The highest BCUT2D eigenvalue weighted by Gasteiger charge is 2.11. The zero-order chi connectivity index (χ0) is 21.8. The van der Waals surface area contributed by atoms with Gasteiger partial charge in [0.2, 0.25) is 0 Å². The summed E-state index contributed by atoms with van der Waals surface area (Å²) >= 11 is 0. The van der Waals surface area contributed by atoms with Crippen molar-refractivity contribution in [3.05, 3.63) is 95.6 Å². The number of aromatic nitrogens is 2. The number of phenols is 1. The van der Waals surface area contributed by atoms with Gasteiger partial charge in [0.05, 0.1) is 11.4 Å². The Hall–Kier alpha value is -4.06. The molecule has 0 atom stereocenters. The number of nitrogens with two attached hydrogens (primary N) is 1. The number of nitrogen functional groups attached to an aromatic ring is 1. The second-order valence-corrected chi connectivity index (χ2v) is 7.45. The molecule has 4 rings (SSSR count). The number of nitrogens with zero attached hydrogens (tertiary/aromatic N) is 2. The Labute approximate surface area is 181 Å². The Kier molecular flexibility index (Phi) is 5.71. The summed E-state index contributed by atoms with van der Waals surface area (Å²) in [6, 6.07) is 24.1. The smallest absolute Gasteiger partial charge is 0.251 e. The highest BCUT2D eigenvalue weighted by molar-refractivity contribution is 5.94. The fourth-order valence-corrected chi connectivity index (χ4v) is 3.39. The van der Waals surface area contributed by atoms with Crippen molar-refractivity contribution in [3.8, 4) is 22.7 Å². The molecule has 3 aromatic carbocycles. The maximum atomic E-state index is 12.4. The van der Waals surface area contributed by atoms with E-state index in [-0.39, 0.29) is 11.7 Å². The van der Waals surface area contributed by atoms with Crippen molar-refractivity contribution in [2.45, 2.75) is 13.3 Å². The molecule has 0 aliphatic carbocycles. The minimum Gasteiger partial charge on any atom is -0.508 e. The summed E-state index contributed by atoms with van der Waals surface area (Å²) in [7, 11) is 0. The third kappa shape index (κ3) is 4.75. The molecule has 1 aromatic heterocycles. The van der Waals surface area contributed by atoms with Gasteiger partial charge >= 0.3 is 0 Å². The molecule has 4 N–H and O–H groups in total. The minimum atomic E-state index is -0.140. The highest BCUT2D eigenvalue weighted by atomic mass is 16.3. The van der Waals surface area contributed by atoms with E-state index < -0.39 is 0 Å². The molecule has 0 radical (unpaired) electrons. The van der Waals surface area contributed by atoms with E-state index in [0.717, 1.165) is 28.1 Å². The molecule has 1 amide bonds. The predicted molar refractivity (Wildman–Crippen MR) is 122 cm³/mol. The molecule has 156 valence electrons. The van der Waals surface area contributed by atoms with Crippen LogP contribution in [0.2, 0.25) is 0 Å². The van der Waals surface area contributed by atoms with Crippen LogP contribution < -0.4 is 11.1 Å². The number of carbonyl (C=O) groups is 1. The summed E-state index contributed by atoms with van der Waals surface area (Å²) in [6.07, 6.45) is 0.690. The average molecular weight is 412 g/mol. The maximum Gasteiger partial charge on any atom is 0.251 e. The van der Waals surface area contributed by atoms with Gasteiger partial charge in [-0.05, 0) is 61.4 Å². The van der Waals surface area contributed by atoms with E-state index in [0.29, 0.717) is 24.3 Å². The Morgan fingerprint density at radius 3 is 2.48 bits per heavy atom. The van der Waals surface area contributed by atoms with Crippen LogP contribution in [0, 0.1) is 6.92 Å². The number of rotatable bonds is 6. The second-order valence-electron chi connectivity index (χ2n) is 7.45. The normalized spacial score (nSPS) is 10.7. The number of hydrogen-bond acceptors (Lipinski definition) is 4. The summed E-state index contributed by atoms with van der Waals surface area (Å²) in [5.74, 6) is 0.624. The second kappa shape index (κ2) is 8.75. The van der Waals surface area contributed by atoms with Gasteiger partial charge < -0.3 is 16.2 Å². The maximum absolute atomic E-state index is 12.4. The quantitative estimate of drug-likeness (QED) is 0.444. The number of anilines is 1. The number of carbonyl (C=O) groups excluding carboxylic acids is 1. The first-order valence-corrected chi connectivity index (χ1v) is 10.1. The number of aromatic hydroxyl groups is 1. The van der Waals surface area contributed by atoms with Gasteiger partial charge in [-0.25, -0.2) is 4.68 Å². The first-order valence-electron chi connectivity index (χ1n) is 10.1. The third-order valence-corrected chi connectivity index (χ3v) is 5.06. The van der Waals surface area contributed by atoms with Crippen LogP contribution in [-0.4, -0.2) is 27.3 Å². The van der Waals surface area contributed by atoms with Gasteiger partial charge in [0, 0.05) is 23.7 Å². The van der Waals surface area contributed by atoms with Crippen LogP contribution in [0.1, 0.15) is 21.5 Å². The van der Waals surface area contributed by atoms with Crippen molar-refractivity contribution in [3.63, 3.8) is 0 Å². The molecule has 0 fully saturated rings. The molecule has 0 aliphatic rings. The van der Waals surface area contributed by atoms with Gasteiger partial charge in [0.25, 0.3) is 5.91 Å². The summed E-state index contributed by atoms with van der Waals surface area (Å²) in [5, 5.41) is 16.9. The first-order chi connectivity index (χ1) is 15.0. The molecule has 31 heavy (non-hydrogen) atoms. The number of phenolic OH excluding ortho intramolecular Hbond substituents is 1. The van der Waals surface area contributed by atoms with Crippen molar-refractivity contribution in [2.75, 3.05) is 12.3 Å². The topological polar surface area (TPSA) is 93.2 Å². The molecule has 0 bridgehead atoms. The van der Waals surface area contributed by atoms with Gasteiger partial charge in [-0.15, -0.1) is 0 Å². The highest BCUT2D eigenvalue weighted by Crippen LogP contribution is 2.24. The van der Waals surface area contributed by atoms with Crippen LogP contribution in [0.5, 0.6) is 5.75 Å². The van der Waals surface area contributed by atoms with Crippen LogP contribution in [0.4, 0.5) is 5.82 Å². The fraction of sp³-hybridized carbons (Fsp3) is 0.120. The van der Waals surface area contributed by atoms with Crippen molar-refractivity contribution in [1.82, 2.24) is 15.1 Å². The van der Waals surface area contributed by atoms with Crippen molar-refractivity contribution in [2.24, 2.45) is 0 Å². The Morgan fingerprint density at radius 1 is 1.03 bits per heavy atom. The van der Waals surface area contributed by atoms with Gasteiger partial charge in [0.1, 0.15) is 11.6 Å². The Balaban J connectivity index is 1.42. The van der Waals surface area contributed by atoms with E-state index in [4.69, 9.17) is 5.73 Å². The third-order valence-electron chi connectivity index (χ3n) is 5.06. The first kappa shape index (κ1) is 20.2. The van der Waals surface area contributed by atoms with Crippen LogP contribution >= 0.6 is 0 Å². The van der Waals surface area contributed by atoms with Crippen LogP contribution in [0.3, 0.4) is 0 Å². The Bertz CT molecular complexity index is 1200. The van der Waals surface area contributed by atoms with Gasteiger partial charge in [-0.2, -0.15) is 5.10 Å². The summed E-state index contributed by atoms with van der Waals surface area (Å²) in [5.41, 5.74) is 11.6. The van der Waals surface area contributed by atoms with Gasteiger partial charge in [0.15, 0.2) is 0 Å². The van der Waals surface area contributed by atoms with Crippen molar-refractivity contribution < 1.29 is 9.90 Å². The zero-order valence-electron chi connectivity index (χ0n) is 17.2. The van der Waals surface area contributed by atoms with Crippen molar-refractivity contribution in [1.29, 1.82) is 0 Å². The molecule has 0 saturated heterocycles. The predicted octanol–water partition coefficient (Wildman–Crippen LogP) is 4.11. The van der Waals surface area contributed by atoms with E-state index in [1.807, 2.05) is 55.5 Å². The number of hydrogen-bond donors (Lipinski definition) is 3. The van der Waals surface area contributed by atoms with E-state index in [2.05, 4.69) is 16.5 Å². The number of amides is 1. The lowest BCUT2D eigenvalue weighted by Crippen LogP contribution is -2.25. The van der Waals surface area contributed by atoms with E-state index in [9.17, 15) is 9.90 Å². The lowest BCUT2D eigenvalue weighted by molar-refractivity contribution is 0.0954. The largest absolute Gasteiger partial charge is 0.508 e. The molecule has 0 unspecified atom stereocenters. The summed E-state index contributed by atoms with van der Waals surface area (Å²) < 4.78 is 1.67. The van der Waals surface area contributed by atoms with Crippen LogP contribution in [0.15, 0.2) is 78.9 Å².